The number of hydrogen-bond acceptors (Lipinski definition) is 3. The van der Waals surface area contributed by atoms with Crippen LogP contribution in [0.5, 0.6) is 0 Å². The summed E-state index contributed by atoms with van der Waals surface area (Å²) in [7, 11) is -1.65. The van der Waals surface area contributed by atoms with Crippen LogP contribution in [0.4, 0.5) is 0 Å². The average molecular weight is 305 g/mol. The van der Waals surface area contributed by atoms with Crippen LogP contribution in [0.3, 0.4) is 0 Å². The molecule has 0 heterocycles. The summed E-state index contributed by atoms with van der Waals surface area (Å²) in [5.74, 6) is 0. The van der Waals surface area contributed by atoms with Crippen molar-refractivity contribution in [3.05, 3.63) is 11.6 Å². The topological polar surface area (TPSA) is 56.8 Å². The van der Waals surface area contributed by atoms with E-state index in [4.69, 9.17) is 4.43 Å². The molecule has 1 rings (SSSR count). The Labute approximate surface area is 130 Å². The van der Waals surface area contributed by atoms with Crippen molar-refractivity contribution in [3.63, 3.8) is 0 Å². The molecule has 116 valence electrons. The lowest BCUT2D eigenvalue weighted by atomic mass is 9.85. The number of rotatable bonds is 5. The van der Waals surface area contributed by atoms with Gasteiger partial charge in [0.1, 0.15) is 0 Å². The maximum Gasteiger partial charge on any atom is 0.191 e. The Morgan fingerprint density at radius 3 is 2.43 bits per heavy atom. The molecule has 0 radical (unpaired) electrons. The minimum absolute atomic E-state index is 0.244. The van der Waals surface area contributed by atoms with E-state index in [0.717, 1.165) is 37.9 Å². The first-order chi connectivity index (χ1) is 9.68. The van der Waals surface area contributed by atoms with E-state index in [1.807, 2.05) is 0 Å². The Morgan fingerprint density at radius 1 is 1.29 bits per heavy atom. The van der Waals surface area contributed by atoms with Crippen molar-refractivity contribution < 1.29 is 4.43 Å². The lowest BCUT2D eigenvalue weighted by molar-refractivity contribution is 0.283. The first kappa shape index (κ1) is 17.9. The fourth-order valence-electron chi connectivity index (χ4n) is 2.38. The van der Waals surface area contributed by atoms with Crippen LogP contribution >= 0.6 is 0 Å². The lowest BCUT2D eigenvalue weighted by Crippen LogP contribution is -2.40. The molecule has 0 amide bonds. The third-order valence-electron chi connectivity index (χ3n) is 4.94. The third-order valence-corrected chi connectivity index (χ3v) is 9.47. The van der Waals surface area contributed by atoms with Gasteiger partial charge in [-0.25, -0.2) is 0 Å². The summed E-state index contributed by atoms with van der Waals surface area (Å²) in [5.41, 5.74) is 0.181. The summed E-state index contributed by atoms with van der Waals surface area (Å²) in [6.07, 6.45) is 6.50. The summed E-state index contributed by atoms with van der Waals surface area (Å²) in [5, 5.41) is 18.8. The van der Waals surface area contributed by atoms with Gasteiger partial charge in [0.25, 0.3) is 0 Å². The van der Waals surface area contributed by atoms with Crippen molar-refractivity contribution >= 4 is 8.32 Å². The van der Waals surface area contributed by atoms with Crippen LogP contribution in [0.15, 0.2) is 11.6 Å². The van der Waals surface area contributed by atoms with Gasteiger partial charge in [0.05, 0.1) is 12.1 Å². The molecule has 1 aliphatic rings. The van der Waals surface area contributed by atoms with Gasteiger partial charge >= 0.3 is 0 Å². The van der Waals surface area contributed by atoms with Crippen LogP contribution in [-0.2, 0) is 4.43 Å². The van der Waals surface area contributed by atoms with Gasteiger partial charge in [-0.1, -0.05) is 26.8 Å². The second-order valence-electron chi connectivity index (χ2n) is 7.46. The second kappa shape index (κ2) is 6.77. The van der Waals surface area contributed by atoms with E-state index in [-0.39, 0.29) is 5.04 Å². The Balaban J connectivity index is 2.47. The van der Waals surface area contributed by atoms with Crippen molar-refractivity contribution in [2.75, 3.05) is 6.61 Å². The van der Waals surface area contributed by atoms with Gasteiger partial charge in [0.15, 0.2) is 13.7 Å². The minimum atomic E-state index is -1.65. The van der Waals surface area contributed by atoms with Crippen LogP contribution in [0, 0.1) is 28.1 Å². The van der Waals surface area contributed by atoms with Crippen LogP contribution in [-0.4, -0.2) is 14.9 Å². The zero-order chi connectivity index (χ0) is 16.1. The summed E-state index contributed by atoms with van der Waals surface area (Å²) in [4.78, 5) is 0. The van der Waals surface area contributed by atoms with Crippen LogP contribution in [0.2, 0.25) is 18.1 Å². The molecule has 0 unspecified atom stereocenters. The fraction of sp³-hybridized carbons (Fsp3) is 0.765. The third kappa shape index (κ3) is 4.19. The summed E-state index contributed by atoms with van der Waals surface area (Å²) >= 11 is 0. The van der Waals surface area contributed by atoms with Crippen molar-refractivity contribution in [3.8, 4) is 12.1 Å². The maximum atomic E-state index is 9.25. The molecular formula is C17H28N2OSi. The molecule has 0 aromatic rings. The van der Waals surface area contributed by atoms with E-state index in [2.05, 4.69) is 52.1 Å². The molecular weight excluding hydrogens is 276 g/mol. The van der Waals surface area contributed by atoms with Crippen molar-refractivity contribution in [2.24, 2.45) is 5.41 Å². The molecule has 0 atom stereocenters. The van der Waals surface area contributed by atoms with Crippen molar-refractivity contribution in [1.29, 1.82) is 10.5 Å². The van der Waals surface area contributed by atoms with Crippen molar-refractivity contribution in [1.82, 2.24) is 0 Å². The molecule has 0 aromatic carbocycles. The molecule has 0 saturated heterocycles. The lowest BCUT2D eigenvalue weighted by Gasteiger charge is -2.36. The first-order valence-corrected chi connectivity index (χ1v) is 10.8. The highest BCUT2D eigenvalue weighted by molar-refractivity contribution is 6.74. The maximum absolute atomic E-state index is 9.25. The Bertz CT molecular complexity index is 460. The molecule has 1 fully saturated rings. The number of unbranched alkanes of at least 4 members (excludes halogenated alkanes) is 1. The predicted molar refractivity (Wildman–Crippen MR) is 88.0 cm³/mol. The van der Waals surface area contributed by atoms with E-state index in [1.54, 1.807) is 0 Å². The highest BCUT2D eigenvalue weighted by Gasteiger charge is 2.39. The van der Waals surface area contributed by atoms with Gasteiger partial charge in [-0.05, 0) is 55.8 Å². The van der Waals surface area contributed by atoms with Crippen LogP contribution in [0.25, 0.3) is 0 Å². The van der Waals surface area contributed by atoms with Gasteiger partial charge < -0.3 is 4.43 Å². The first-order valence-electron chi connectivity index (χ1n) is 7.84. The normalized spacial score (nSPS) is 20.2. The van der Waals surface area contributed by atoms with E-state index in [9.17, 15) is 10.5 Å². The molecule has 3 nitrogen and oxygen atoms in total. The quantitative estimate of drug-likeness (QED) is 0.411. The van der Waals surface area contributed by atoms with Crippen LogP contribution in [0.1, 0.15) is 52.9 Å². The number of nitriles is 2. The predicted octanol–water partition coefficient (Wildman–Crippen LogP) is 4.93. The van der Waals surface area contributed by atoms with E-state index >= 15 is 0 Å². The van der Waals surface area contributed by atoms with E-state index in [1.165, 1.54) is 0 Å². The number of allylic oxidation sites excluding steroid dienone is 2. The smallest absolute Gasteiger partial charge is 0.191 e. The second-order valence-corrected chi connectivity index (χ2v) is 12.3. The van der Waals surface area contributed by atoms with Gasteiger partial charge in [0.2, 0.25) is 0 Å². The molecule has 0 aromatic heterocycles. The highest BCUT2D eigenvalue weighted by Crippen LogP contribution is 2.42. The van der Waals surface area contributed by atoms with Gasteiger partial charge in [-0.15, -0.1) is 0 Å². The molecule has 0 aliphatic heterocycles. The molecule has 1 aliphatic carbocycles. The monoisotopic (exact) mass is 304 g/mol. The molecule has 0 N–H and O–H groups in total. The standard InChI is InChI=1S/C17H28N2OSi/c1-16(2,3)21(4,5)20-12-7-6-9-15-10-8-11-17(15,13-18)14-19/h9H,6-8,10-12H2,1-5H3/b15-9-. The summed E-state index contributed by atoms with van der Waals surface area (Å²) < 4.78 is 6.14. The zero-order valence-corrected chi connectivity index (χ0v) is 15.1. The molecule has 0 bridgehead atoms. The van der Waals surface area contributed by atoms with Crippen LogP contribution < -0.4 is 0 Å². The van der Waals surface area contributed by atoms with Gasteiger partial charge in [-0.2, -0.15) is 10.5 Å². The Morgan fingerprint density at radius 2 is 1.90 bits per heavy atom. The van der Waals surface area contributed by atoms with E-state index in [0.29, 0.717) is 6.42 Å². The Hall–Kier alpha value is -1.10. The van der Waals surface area contributed by atoms with Gasteiger partial charge in [-0.3, -0.25) is 0 Å². The largest absolute Gasteiger partial charge is 0.417 e. The van der Waals surface area contributed by atoms with Gasteiger partial charge in [0, 0.05) is 6.61 Å². The summed E-state index contributed by atoms with van der Waals surface area (Å²) in [6.45, 7) is 12.0. The fourth-order valence-corrected chi connectivity index (χ4v) is 3.47. The summed E-state index contributed by atoms with van der Waals surface area (Å²) in [6, 6.07) is 4.42. The number of nitrogens with zero attached hydrogens (tertiary/aromatic N) is 2. The molecule has 4 heteroatoms. The zero-order valence-electron chi connectivity index (χ0n) is 14.1. The minimum Gasteiger partial charge on any atom is -0.417 e. The van der Waals surface area contributed by atoms with Crippen molar-refractivity contribution in [2.45, 2.75) is 71.0 Å². The SMILES string of the molecule is CC(C)(C)[Si](C)(C)OCCC/C=C1/CCCC1(C#N)C#N. The Kier molecular flexibility index (Phi) is 5.79. The highest BCUT2D eigenvalue weighted by atomic mass is 28.4. The van der Waals surface area contributed by atoms with E-state index < -0.39 is 13.7 Å². The molecule has 0 spiro atoms. The average Bonchev–Trinajstić information content (AvgIpc) is 2.80. The molecule has 1 saturated carbocycles. The molecule has 21 heavy (non-hydrogen) atoms. The number of hydrogen-bond donors (Lipinski definition) is 0.